The lowest BCUT2D eigenvalue weighted by molar-refractivity contribution is -0.148. The molecule has 1 atom stereocenters. The maximum atomic E-state index is 12.2. The molecule has 102 valence electrons. The number of hydrogen-bond acceptors (Lipinski definition) is 3. The van der Waals surface area contributed by atoms with Crippen molar-refractivity contribution < 1.29 is 23.1 Å². The minimum atomic E-state index is -4.25. The van der Waals surface area contributed by atoms with Gasteiger partial charge in [-0.05, 0) is 26.9 Å². The zero-order valence-corrected chi connectivity index (χ0v) is 10.3. The van der Waals surface area contributed by atoms with E-state index >= 15 is 0 Å². The van der Waals surface area contributed by atoms with Crippen molar-refractivity contribution in [1.82, 2.24) is 10.2 Å². The van der Waals surface area contributed by atoms with Crippen LogP contribution in [0.5, 0.6) is 0 Å². The Morgan fingerprint density at radius 2 is 1.94 bits per heavy atom. The van der Waals surface area contributed by atoms with E-state index in [-0.39, 0.29) is 19.5 Å². The standard InChI is InChI=1S/C10H19F3N2O2/c1-4-15(7-10(11,12)13)6-5-9(2,14-3)8(16)17/h14H,4-7H2,1-3H3,(H,16,17). The second-order valence-electron chi connectivity index (χ2n) is 4.12. The molecule has 0 amide bonds. The Bertz CT molecular complexity index is 258. The summed E-state index contributed by atoms with van der Waals surface area (Å²) in [7, 11) is 1.48. The van der Waals surface area contributed by atoms with Crippen LogP contribution < -0.4 is 5.32 Å². The molecule has 2 N–H and O–H groups in total. The highest BCUT2D eigenvalue weighted by atomic mass is 19.4. The van der Waals surface area contributed by atoms with Gasteiger partial charge in [-0.1, -0.05) is 6.92 Å². The molecule has 4 nitrogen and oxygen atoms in total. The number of alkyl halides is 3. The topological polar surface area (TPSA) is 52.6 Å². The lowest BCUT2D eigenvalue weighted by Crippen LogP contribution is -2.50. The number of carboxylic acid groups (broad SMARTS) is 1. The van der Waals surface area contributed by atoms with E-state index in [0.717, 1.165) is 0 Å². The van der Waals surface area contributed by atoms with Crippen LogP contribution in [0.1, 0.15) is 20.3 Å². The van der Waals surface area contributed by atoms with Crippen LogP contribution in [0.2, 0.25) is 0 Å². The molecule has 0 aromatic rings. The Balaban J connectivity index is 4.36. The highest BCUT2D eigenvalue weighted by Crippen LogP contribution is 2.18. The van der Waals surface area contributed by atoms with Crippen LogP contribution in [-0.2, 0) is 4.79 Å². The van der Waals surface area contributed by atoms with Crippen molar-refractivity contribution in [3.8, 4) is 0 Å². The van der Waals surface area contributed by atoms with Crippen LogP contribution in [0.25, 0.3) is 0 Å². The van der Waals surface area contributed by atoms with Crippen molar-refractivity contribution in [2.24, 2.45) is 0 Å². The van der Waals surface area contributed by atoms with Crippen LogP contribution in [0, 0.1) is 0 Å². The van der Waals surface area contributed by atoms with Gasteiger partial charge in [-0.25, -0.2) is 0 Å². The molecule has 0 spiro atoms. The second kappa shape index (κ2) is 6.20. The molecule has 7 heteroatoms. The Labute approximate surface area is 98.8 Å². The fourth-order valence-corrected chi connectivity index (χ4v) is 1.32. The lowest BCUT2D eigenvalue weighted by atomic mass is 9.98. The monoisotopic (exact) mass is 256 g/mol. The van der Waals surface area contributed by atoms with E-state index in [1.807, 2.05) is 0 Å². The van der Waals surface area contributed by atoms with Gasteiger partial charge in [0.15, 0.2) is 0 Å². The van der Waals surface area contributed by atoms with E-state index in [9.17, 15) is 18.0 Å². The molecule has 1 unspecified atom stereocenters. The molecule has 0 aromatic carbocycles. The molecule has 0 rings (SSSR count). The molecular formula is C10H19F3N2O2. The summed E-state index contributed by atoms with van der Waals surface area (Å²) < 4.78 is 36.5. The predicted octanol–water partition coefficient (Wildman–Crippen LogP) is 1.32. The summed E-state index contributed by atoms with van der Waals surface area (Å²) in [5, 5.41) is 11.6. The van der Waals surface area contributed by atoms with E-state index in [4.69, 9.17) is 5.11 Å². The maximum Gasteiger partial charge on any atom is 0.401 e. The average Bonchev–Trinajstić information content (AvgIpc) is 2.21. The summed E-state index contributed by atoms with van der Waals surface area (Å²) >= 11 is 0. The van der Waals surface area contributed by atoms with E-state index in [1.165, 1.54) is 18.9 Å². The van der Waals surface area contributed by atoms with Gasteiger partial charge in [0.1, 0.15) is 5.54 Å². The Morgan fingerprint density at radius 3 is 2.24 bits per heavy atom. The van der Waals surface area contributed by atoms with Gasteiger partial charge in [0, 0.05) is 6.54 Å². The average molecular weight is 256 g/mol. The molecule has 0 saturated carbocycles. The summed E-state index contributed by atoms with van der Waals surface area (Å²) in [6.45, 7) is 2.38. The van der Waals surface area contributed by atoms with Gasteiger partial charge in [-0.3, -0.25) is 9.69 Å². The number of hydrogen-bond donors (Lipinski definition) is 2. The van der Waals surface area contributed by atoms with E-state index in [0.29, 0.717) is 0 Å². The third-order valence-electron chi connectivity index (χ3n) is 2.80. The second-order valence-corrected chi connectivity index (χ2v) is 4.12. The Hall–Kier alpha value is -0.820. The Kier molecular flexibility index (Phi) is 5.91. The van der Waals surface area contributed by atoms with E-state index < -0.39 is 24.2 Å². The summed E-state index contributed by atoms with van der Waals surface area (Å²) in [6.07, 6.45) is -4.14. The third kappa shape index (κ3) is 5.88. The van der Waals surface area contributed by atoms with Gasteiger partial charge in [-0.2, -0.15) is 13.2 Å². The SMILES string of the molecule is CCN(CCC(C)(NC)C(=O)O)CC(F)(F)F. The first-order chi connectivity index (χ1) is 7.64. The molecule has 0 aromatic heterocycles. The van der Waals surface area contributed by atoms with Crippen LogP contribution in [-0.4, -0.2) is 54.4 Å². The number of halogens is 3. The summed E-state index contributed by atoms with van der Waals surface area (Å²) in [5.74, 6) is -1.07. The highest BCUT2D eigenvalue weighted by Gasteiger charge is 2.34. The number of aliphatic carboxylic acids is 1. The molecule has 0 aliphatic carbocycles. The van der Waals surface area contributed by atoms with Gasteiger partial charge < -0.3 is 10.4 Å². The molecule has 0 aliphatic rings. The first-order valence-electron chi connectivity index (χ1n) is 5.36. The van der Waals surface area contributed by atoms with Crippen LogP contribution >= 0.6 is 0 Å². The summed E-state index contributed by atoms with van der Waals surface area (Å²) in [4.78, 5) is 12.1. The zero-order valence-electron chi connectivity index (χ0n) is 10.3. The first-order valence-corrected chi connectivity index (χ1v) is 5.36. The van der Waals surface area contributed by atoms with Crippen LogP contribution in [0.4, 0.5) is 13.2 Å². The fraction of sp³-hybridized carbons (Fsp3) is 0.900. The predicted molar refractivity (Wildman–Crippen MR) is 57.9 cm³/mol. The largest absolute Gasteiger partial charge is 0.480 e. The van der Waals surface area contributed by atoms with E-state index in [1.54, 1.807) is 6.92 Å². The van der Waals surface area contributed by atoms with Crippen molar-refractivity contribution in [3.05, 3.63) is 0 Å². The third-order valence-corrected chi connectivity index (χ3v) is 2.80. The summed E-state index contributed by atoms with van der Waals surface area (Å²) in [6, 6.07) is 0. The number of likely N-dealkylation sites (N-methyl/N-ethyl adjacent to an activating group) is 1. The minimum absolute atomic E-state index is 0.0830. The van der Waals surface area contributed by atoms with E-state index in [2.05, 4.69) is 5.32 Å². The highest BCUT2D eigenvalue weighted by molar-refractivity contribution is 5.78. The molecule has 0 saturated heterocycles. The smallest absolute Gasteiger partial charge is 0.401 e. The van der Waals surface area contributed by atoms with Gasteiger partial charge in [0.2, 0.25) is 0 Å². The normalized spacial score (nSPS) is 15.9. The molecular weight excluding hydrogens is 237 g/mol. The number of nitrogens with zero attached hydrogens (tertiary/aromatic N) is 1. The minimum Gasteiger partial charge on any atom is -0.480 e. The quantitative estimate of drug-likeness (QED) is 0.721. The van der Waals surface area contributed by atoms with Gasteiger partial charge in [-0.15, -0.1) is 0 Å². The maximum absolute atomic E-state index is 12.2. The van der Waals surface area contributed by atoms with Crippen molar-refractivity contribution in [3.63, 3.8) is 0 Å². The number of nitrogens with one attached hydrogen (secondary N) is 1. The van der Waals surface area contributed by atoms with Gasteiger partial charge >= 0.3 is 12.1 Å². The van der Waals surface area contributed by atoms with Gasteiger partial charge in [0.05, 0.1) is 6.54 Å². The number of rotatable bonds is 7. The van der Waals surface area contributed by atoms with Crippen molar-refractivity contribution in [2.75, 3.05) is 26.7 Å². The van der Waals surface area contributed by atoms with Crippen LogP contribution in [0.15, 0.2) is 0 Å². The van der Waals surface area contributed by atoms with Crippen molar-refractivity contribution >= 4 is 5.97 Å². The van der Waals surface area contributed by atoms with Crippen molar-refractivity contribution in [1.29, 1.82) is 0 Å². The number of carboxylic acids is 1. The molecule has 0 heterocycles. The van der Waals surface area contributed by atoms with Gasteiger partial charge in [0.25, 0.3) is 0 Å². The molecule has 0 radical (unpaired) electrons. The molecule has 0 fully saturated rings. The van der Waals surface area contributed by atoms with Crippen LogP contribution in [0.3, 0.4) is 0 Å². The first kappa shape index (κ1) is 16.2. The Morgan fingerprint density at radius 1 is 1.41 bits per heavy atom. The lowest BCUT2D eigenvalue weighted by Gasteiger charge is -2.28. The molecule has 0 bridgehead atoms. The number of carbonyl (C=O) groups is 1. The molecule has 17 heavy (non-hydrogen) atoms. The van der Waals surface area contributed by atoms with Crippen molar-refractivity contribution in [2.45, 2.75) is 32.0 Å². The fourth-order valence-electron chi connectivity index (χ4n) is 1.32. The summed E-state index contributed by atoms with van der Waals surface area (Å²) in [5.41, 5.74) is -1.20. The molecule has 0 aliphatic heterocycles. The zero-order chi connectivity index (χ0) is 13.7.